The summed E-state index contributed by atoms with van der Waals surface area (Å²) in [5, 5.41) is 4.55. The number of hydrogen-bond acceptors (Lipinski definition) is 6. The minimum absolute atomic E-state index is 0.181. The molecule has 2 aromatic heterocycles. The van der Waals surface area contributed by atoms with Gasteiger partial charge < -0.3 is 9.64 Å². The van der Waals surface area contributed by atoms with E-state index in [4.69, 9.17) is 0 Å². The van der Waals surface area contributed by atoms with Gasteiger partial charge in [0, 0.05) is 19.0 Å². The molecule has 0 aromatic carbocycles. The molecule has 0 atom stereocenters. The summed E-state index contributed by atoms with van der Waals surface area (Å²) in [6, 6.07) is 3.92. The number of thiazole rings is 1. The summed E-state index contributed by atoms with van der Waals surface area (Å²) in [5.41, 5.74) is 0.408. The van der Waals surface area contributed by atoms with Gasteiger partial charge in [-0.3, -0.25) is 9.59 Å². The molecule has 106 valence electrons. The summed E-state index contributed by atoms with van der Waals surface area (Å²) in [6.45, 7) is 0.317. The smallest absolute Gasteiger partial charge is 0.307 e. The van der Waals surface area contributed by atoms with Crippen LogP contribution in [0, 0.1) is 0 Å². The molecule has 0 aliphatic carbocycles. The average molecular weight is 310 g/mol. The van der Waals surface area contributed by atoms with Crippen molar-refractivity contribution in [1.82, 2.24) is 9.88 Å². The molecule has 2 rings (SSSR count). The van der Waals surface area contributed by atoms with E-state index >= 15 is 0 Å². The summed E-state index contributed by atoms with van der Waals surface area (Å²) in [4.78, 5) is 30.1. The van der Waals surface area contributed by atoms with Crippen LogP contribution in [0.15, 0.2) is 22.9 Å². The number of hydrogen-bond donors (Lipinski definition) is 0. The zero-order valence-corrected chi connectivity index (χ0v) is 12.8. The van der Waals surface area contributed by atoms with Crippen molar-refractivity contribution >= 4 is 34.6 Å². The second-order valence-electron chi connectivity index (χ2n) is 4.07. The van der Waals surface area contributed by atoms with Crippen molar-refractivity contribution in [2.75, 3.05) is 20.7 Å². The highest BCUT2D eigenvalue weighted by Crippen LogP contribution is 2.28. The van der Waals surface area contributed by atoms with Crippen molar-refractivity contribution in [2.45, 2.75) is 6.42 Å². The zero-order chi connectivity index (χ0) is 14.5. The molecule has 0 aliphatic heterocycles. The molecule has 0 aliphatic rings. The van der Waals surface area contributed by atoms with Gasteiger partial charge in [-0.05, 0) is 11.4 Å². The maximum atomic E-state index is 12.1. The van der Waals surface area contributed by atoms with E-state index in [0.29, 0.717) is 12.2 Å². The van der Waals surface area contributed by atoms with Gasteiger partial charge in [0.05, 0.1) is 18.4 Å². The number of methoxy groups -OCH3 is 1. The first-order valence-electron chi connectivity index (χ1n) is 5.93. The predicted molar refractivity (Wildman–Crippen MR) is 79.0 cm³/mol. The van der Waals surface area contributed by atoms with E-state index in [1.54, 1.807) is 23.8 Å². The normalized spacial score (nSPS) is 10.3. The molecular weight excluding hydrogens is 296 g/mol. The van der Waals surface area contributed by atoms with Gasteiger partial charge in [-0.1, -0.05) is 6.07 Å². The molecule has 0 spiro atoms. The Bertz CT molecular complexity index is 593. The minimum Gasteiger partial charge on any atom is -0.469 e. The Morgan fingerprint density at radius 2 is 2.20 bits per heavy atom. The van der Waals surface area contributed by atoms with Gasteiger partial charge in [0.25, 0.3) is 5.91 Å². The maximum absolute atomic E-state index is 12.1. The van der Waals surface area contributed by atoms with Gasteiger partial charge in [-0.25, -0.2) is 4.98 Å². The molecule has 7 heteroatoms. The first kappa shape index (κ1) is 14.7. The number of aromatic nitrogens is 1. The van der Waals surface area contributed by atoms with E-state index in [0.717, 1.165) is 9.88 Å². The summed E-state index contributed by atoms with van der Waals surface area (Å²) in [5.74, 6) is -0.518. The van der Waals surface area contributed by atoms with Crippen LogP contribution in [0.4, 0.5) is 0 Å². The summed E-state index contributed by atoms with van der Waals surface area (Å²) < 4.78 is 4.55. The van der Waals surface area contributed by atoms with Crippen LogP contribution in [0.5, 0.6) is 0 Å². The predicted octanol–water partition coefficient (Wildman–Crippen LogP) is 2.51. The first-order valence-corrected chi connectivity index (χ1v) is 7.69. The molecule has 0 saturated carbocycles. The quantitative estimate of drug-likeness (QED) is 0.796. The second kappa shape index (κ2) is 6.62. The number of carbonyl (C=O) groups excluding carboxylic acids is 2. The van der Waals surface area contributed by atoms with Crippen LogP contribution in [0.1, 0.15) is 16.9 Å². The topological polar surface area (TPSA) is 59.5 Å². The number of carbonyl (C=O) groups is 2. The first-order chi connectivity index (χ1) is 9.61. The largest absolute Gasteiger partial charge is 0.469 e. The highest BCUT2D eigenvalue weighted by atomic mass is 32.1. The summed E-state index contributed by atoms with van der Waals surface area (Å²) >= 11 is 3.03. The molecule has 0 bridgehead atoms. The van der Waals surface area contributed by atoms with E-state index in [1.807, 2.05) is 17.5 Å². The molecular formula is C13H14N2O3S2. The number of esters is 1. The fraction of sp³-hybridized carbons (Fsp3) is 0.308. The lowest BCUT2D eigenvalue weighted by molar-refractivity contribution is -0.140. The van der Waals surface area contributed by atoms with Gasteiger partial charge >= 0.3 is 5.97 Å². The van der Waals surface area contributed by atoms with Crippen LogP contribution in [-0.2, 0) is 9.53 Å². The Kier molecular flexibility index (Phi) is 4.86. The number of ether oxygens (including phenoxy) is 1. The third kappa shape index (κ3) is 3.43. The Balaban J connectivity index is 2.00. The van der Waals surface area contributed by atoms with Crippen molar-refractivity contribution in [1.29, 1.82) is 0 Å². The minimum atomic E-state index is -0.331. The summed E-state index contributed by atoms with van der Waals surface area (Å²) in [6.07, 6.45) is 0.181. The van der Waals surface area contributed by atoms with Crippen molar-refractivity contribution in [2.24, 2.45) is 0 Å². The molecule has 0 N–H and O–H groups in total. The zero-order valence-electron chi connectivity index (χ0n) is 11.2. The van der Waals surface area contributed by atoms with E-state index in [2.05, 4.69) is 9.72 Å². The van der Waals surface area contributed by atoms with Gasteiger partial charge in [0.15, 0.2) is 0 Å². The van der Waals surface area contributed by atoms with Crippen molar-refractivity contribution in [3.8, 4) is 9.88 Å². The Labute approximate surface area is 124 Å². The van der Waals surface area contributed by atoms with Gasteiger partial charge in [0.1, 0.15) is 10.7 Å². The lowest BCUT2D eigenvalue weighted by Gasteiger charge is -2.14. The molecule has 0 fully saturated rings. The van der Waals surface area contributed by atoms with Gasteiger partial charge in [-0.2, -0.15) is 0 Å². The molecule has 1 amide bonds. The van der Waals surface area contributed by atoms with Crippen LogP contribution >= 0.6 is 22.7 Å². The molecule has 20 heavy (non-hydrogen) atoms. The number of amides is 1. The van der Waals surface area contributed by atoms with Crippen LogP contribution in [-0.4, -0.2) is 42.5 Å². The van der Waals surface area contributed by atoms with Gasteiger partial charge in [0.2, 0.25) is 0 Å². The molecule has 2 heterocycles. The van der Waals surface area contributed by atoms with Crippen molar-refractivity contribution in [3.63, 3.8) is 0 Å². The average Bonchev–Trinajstić information content (AvgIpc) is 3.13. The van der Waals surface area contributed by atoms with Gasteiger partial charge in [-0.15, -0.1) is 22.7 Å². The molecule has 0 unspecified atom stereocenters. The number of rotatable bonds is 5. The highest BCUT2D eigenvalue weighted by Gasteiger charge is 2.17. The summed E-state index contributed by atoms with van der Waals surface area (Å²) in [7, 11) is 2.98. The highest BCUT2D eigenvalue weighted by molar-refractivity contribution is 7.20. The van der Waals surface area contributed by atoms with Crippen LogP contribution in [0.3, 0.4) is 0 Å². The van der Waals surface area contributed by atoms with E-state index in [1.165, 1.54) is 23.3 Å². The maximum Gasteiger partial charge on any atom is 0.307 e. The standard InChI is InChI=1S/C13H14N2O3S2/c1-15(6-5-11(16)18-2)13(17)9-8-20-12(14-9)10-4-3-7-19-10/h3-4,7-8H,5-6H2,1-2H3. The number of nitrogens with zero attached hydrogens (tertiary/aromatic N) is 2. The molecule has 0 saturated heterocycles. The van der Waals surface area contributed by atoms with Crippen LogP contribution in [0.2, 0.25) is 0 Å². The third-order valence-electron chi connectivity index (χ3n) is 2.68. The Morgan fingerprint density at radius 1 is 1.40 bits per heavy atom. The Hall–Kier alpha value is -1.73. The molecule has 0 radical (unpaired) electrons. The van der Waals surface area contributed by atoms with E-state index in [-0.39, 0.29) is 18.3 Å². The molecule has 5 nitrogen and oxygen atoms in total. The van der Waals surface area contributed by atoms with Crippen molar-refractivity contribution in [3.05, 3.63) is 28.6 Å². The third-order valence-corrected chi connectivity index (χ3v) is 4.56. The van der Waals surface area contributed by atoms with E-state index < -0.39 is 0 Å². The second-order valence-corrected chi connectivity index (χ2v) is 5.87. The SMILES string of the molecule is COC(=O)CCN(C)C(=O)c1csc(-c2cccs2)n1. The Morgan fingerprint density at radius 3 is 2.85 bits per heavy atom. The monoisotopic (exact) mass is 310 g/mol. The fourth-order valence-electron chi connectivity index (χ4n) is 1.54. The molecule has 2 aromatic rings. The van der Waals surface area contributed by atoms with Crippen LogP contribution in [0.25, 0.3) is 9.88 Å². The lowest BCUT2D eigenvalue weighted by atomic mass is 10.3. The van der Waals surface area contributed by atoms with Crippen LogP contribution < -0.4 is 0 Å². The van der Waals surface area contributed by atoms with E-state index in [9.17, 15) is 9.59 Å². The number of thiophene rings is 1. The van der Waals surface area contributed by atoms with Crippen molar-refractivity contribution < 1.29 is 14.3 Å². The lowest BCUT2D eigenvalue weighted by Crippen LogP contribution is -2.29. The fourth-order valence-corrected chi connectivity index (χ4v) is 3.15.